The molecule has 132 valence electrons. The highest BCUT2D eigenvalue weighted by atomic mass is 127. The van der Waals surface area contributed by atoms with Crippen molar-refractivity contribution in [2.24, 2.45) is 10.4 Å². The van der Waals surface area contributed by atoms with E-state index in [1.54, 1.807) is 32.4 Å². The van der Waals surface area contributed by atoms with Crippen LogP contribution in [0, 0.1) is 5.41 Å². The van der Waals surface area contributed by atoms with Gasteiger partial charge in [0.15, 0.2) is 5.96 Å². The van der Waals surface area contributed by atoms with E-state index < -0.39 is 5.60 Å². The topological polar surface area (TPSA) is 61.0 Å². The standard InChI is InChI=1S/C17H29N3O2.HI/c1-5-17(6-2)9-10-20(13-17)15(18-4)19-12-16(3,21)14-8-7-11-22-14;/h7-8,11,21H,5-6,9-10,12-13H2,1-4H3,(H,18,19);1H. The van der Waals surface area contributed by atoms with Crippen LogP contribution in [0.3, 0.4) is 0 Å². The fraction of sp³-hybridized carbons (Fsp3) is 0.706. The predicted octanol–water partition coefficient (Wildman–Crippen LogP) is 3.19. The summed E-state index contributed by atoms with van der Waals surface area (Å²) < 4.78 is 5.31. The number of hydrogen-bond acceptors (Lipinski definition) is 3. The van der Waals surface area contributed by atoms with Crippen molar-refractivity contribution in [2.45, 2.75) is 45.6 Å². The van der Waals surface area contributed by atoms with Crippen LogP contribution in [0.4, 0.5) is 0 Å². The second kappa shape index (κ2) is 8.37. The van der Waals surface area contributed by atoms with E-state index in [2.05, 4.69) is 29.1 Å². The molecule has 5 nitrogen and oxygen atoms in total. The van der Waals surface area contributed by atoms with Crippen LogP contribution in [0.5, 0.6) is 0 Å². The molecule has 1 fully saturated rings. The second-order valence-electron chi connectivity index (χ2n) is 6.53. The van der Waals surface area contributed by atoms with Crippen LogP contribution in [0.15, 0.2) is 27.8 Å². The van der Waals surface area contributed by atoms with Crippen LogP contribution in [0.2, 0.25) is 0 Å². The minimum atomic E-state index is -1.05. The summed E-state index contributed by atoms with van der Waals surface area (Å²) in [6.07, 6.45) is 5.17. The maximum absolute atomic E-state index is 10.5. The van der Waals surface area contributed by atoms with Gasteiger partial charge in [0, 0.05) is 20.1 Å². The van der Waals surface area contributed by atoms with Crippen molar-refractivity contribution >= 4 is 29.9 Å². The molecule has 1 aliphatic heterocycles. The Morgan fingerprint density at radius 1 is 1.48 bits per heavy atom. The lowest BCUT2D eigenvalue weighted by Gasteiger charge is -2.29. The summed E-state index contributed by atoms with van der Waals surface area (Å²) in [6, 6.07) is 3.58. The molecule has 0 radical (unpaired) electrons. The first-order valence-corrected chi connectivity index (χ1v) is 8.18. The largest absolute Gasteiger partial charge is 0.466 e. The fourth-order valence-electron chi connectivity index (χ4n) is 3.20. The number of likely N-dealkylation sites (tertiary alicyclic amines) is 1. The van der Waals surface area contributed by atoms with Crippen molar-refractivity contribution in [2.75, 3.05) is 26.7 Å². The highest BCUT2D eigenvalue weighted by Gasteiger charge is 2.36. The molecule has 2 N–H and O–H groups in total. The molecule has 6 heteroatoms. The zero-order chi connectivity index (χ0) is 16.2. The molecule has 1 aromatic rings. The van der Waals surface area contributed by atoms with E-state index in [1.807, 2.05) is 0 Å². The Balaban J connectivity index is 0.00000264. The minimum Gasteiger partial charge on any atom is -0.466 e. The number of guanidine groups is 1. The summed E-state index contributed by atoms with van der Waals surface area (Å²) in [5.41, 5.74) is -0.646. The molecule has 0 spiro atoms. The first-order chi connectivity index (χ1) is 10.5. The van der Waals surface area contributed by atoms with E-state index in [0.717, 1.165) is 19.0 Å². The average Bonchev–Trinajstić information content (AvgIpc) is 3.18. The van der Waals surface area contributed by atoms with Gasteiger partial charge in [-0.15, -0.1) is 24.0 Å². The van der Waals surface area contributed by atoms with Crippen LogP contribution in [0.1, 0.15) is 45.8 Å². The van der Waals surface area contributed by atoms with Gasteiger partial charge in [0.1, 0.15) is 11.4 Å². The summed E-state index contributed by atoms with van der Waals surface area (Å²) in [5.74, 6) is 1.42. The Labute approximate surface area is 156 Å². The van der Waals surface area contributed by atoms with Crippen LogP contribution in [-0.4, -0.2) is 42.6 Å². The van der Waals surface area contributed by atoms with Gasteiger partial charge in [-0.2, -0.15) is 0 Å². The number of halogens is 1. The Morgan fingerprint density at radius 3 is 2.65 bits per heavy atom. The molecular weight excluding hydrogens is 405 g/mol. The molecule has 2 heterocycles. The summed E-state index contributed by atoms with van der Waals surface area (Å²) in [6.45, 7) is 8.70. The molecule has 1 aromatic heterocycles. The Hall–Kier alpha value is -0.760. The van der Waals surface area contributed by atoms with E-state index in [0.29, 0.717) is 17.7 Å². The molecule has 23 heavy (non-hydrogen) atoms. The van der Waals surface area contributed by atoms with Gasteiger partial charge in [0.05, 0.1) is 12.8 Å². The number of aliphatic imine (C=N–C) groups is 1. The Morgan fingerprint density at radius 2 is 2.17 bits per heavy atom. The van der Waals surface area contributed by atoms with Crippen LogP contribution in [0.25, 0.3) is 0 Å². The van der Waals surface area contributed by atoms with E-state index in [4.69, 9.17) is 4.42 Å². The molecule has 1 unspecified atom stereocenters. The Bertz CT molecular complexity index is 496. The third-order valence-electron chi connectivity index (χ3n) is 5.09. The van der Waals surface area contributed by atoms with E-state index in [-0.39, 0.29) is 24.0 Å². The monoisotopic (exact) mass is 435 g/mol. The molecule has 2 rings (SSSR count). The normalized spacial score (nSPS) is 20.0. The third-order valence-corrected chi connectivity index (χ3v) is 5.09. The summed E-state index contributed by atoms with van der Waals surface area (Å²) in [4.78, 5) is 6.68. The fourth-order valence-corrected chi connectivity index (χ4v) is 3.20. The number of nitrogens with one attached hydrogen (secondary N) is 1. The van der Waals surface area contributed by atoms with Gasteiger partial charge in [0.2, 0.25) is 0 Å². The average molecular weight is 435 g/mol. The molecule has 0 aliphatic carbocycles. The summed E-state index contributed by atoms with van der Waals surface area (Å²) in [7, 11) is 1.79. The van der Waals surface area contributed by atoms with Crippen molar-refractivity contribution in [3.63, 3.8) is 0 Å². The highest BCUT2D eigenvalue weighted by molar-refractivity contribution is 14.0. The SMILES string of the molecule is CCC1(CC)CCN(C(=NC)NCC(C)(O)c2ccco2)C1.I. The van der Waals surface area contributed by atoms with Crippen LogP contribution < -0.4 is 5.32 Å². The number of hydrogen-bond donors (Lipinski definition) is 2. The predicted molar refractivity (Wildman–Crippen MR) is 104 cm³/mol. The van der Waals surface area contributed by atoms with Gasteiger partial charge in [-0.25, -0.2) is 0 Å². The number of furan rings is 1. The van der Waals surface area contributed by atoms with Gasteiger partial charge in [-0.05, 0) is 43.7 Å². The number of nitrogens with zero attached hydrogens (tertiary/aromatic N) is 2. The molecule has 0 amide bonds. The van der Waals surface area contributed by atoms with E-state index in [1.165, 1.54) is 19.3 Å². The first-order valence-electron chi connectivity index (χ1n) is 8.18. The number of aliphatic hydroxyl groups is 1. The van der Waals surface area contributed by atoms with Crippen molar-refractivity contribution < 1.29 is 9.52 Å². The second-order valence-corrected chi connectivity index (χ2v) is 6.53. The van der Waals surface area contributed by atoms with Gasteiger partial charge in [-0.1, -0.05) is 13.8 Å². The summed E-state index contributed by atoms with van der Waals surface area (Å²) >= 11 is 0. The smallest absolute Gasteiger partial charge is 0.193 e. The van der Waals surface area contributed by atoms with E-state index in [9.17, 15) is 5.11 Å². The minimum absolute atomic E-state index is 0. The quantitative estimate of drug-likeness (QED) is 0.424. The zero-order valence-electron chi connectivity index (χ0n) is 14.6. The van der Waals surface area contributed by atoms with Gasteiger partial charge >= 0.3 is 0 Å². The first kappa shape index (κ1) is 20.3. The van der Waals surface area contributed by atoms with Gasteiger partial charge in [-0.3, -0.25) is 4.99 Å². The van der Waals surface area contributed by atoms with Crippen molar-refractivity contribution in [1.82, 2.24) is 10.2 Å². The molecule has 0 aromatic carbocycles. The maximum Gasteiger partial charge on any atom is 0.193 e. The Kier molecular flexibility index (Phi) is 7.38. The van der Waals surface area contributed by atoms with Crippen molar-refractivity contribution in [3.05, 3.63) is 24.2 Å². The highest BCUT2D eigenvalue weighted by Crippen LogP contribution is 2.36. The molecular formula is C17H30IN3O2. The zero-order valence-corrected chi connectivity index (χ0v) is 17.0. The van der Waals surface area contributed by atoms with Crippen molar-refractivity contribution in [1.29, 1.82) is 0 Å². The van der Waals surface area contributed by atoms with Crippen LogP contribution >= 0.6 is 24.0 Å². The van der Waals surface area contributed by atoms with Gasteiger partial charge in [0.25, 0.3) is 0 Å². The molecule has 0 bridgehead atoms. The number of rotatable bonds is 5. The lowest BCUT2D eigenvalue weighted by atomic mass is 9.82. The maximum atomic E-state index is 10.5. The van der Waals surface area contributed by atoms with Gasteiger partial charge < -0.3 is 19.7 Å². The lowest BCUT2D eigenvalue weighted by Crippen LogP contribution is -2.46. The third kappa shape index (κ3) is 4.62. The van der Waals surface area contributed by atoms with Crippen LogP contribution in [-0.2, 0) is 5.60 Å². The molecule has 0 saturated carbocycles. The lowest BCUT2D eigenvalue weighted by molar-refractivity contribution is 0.0380. The molecule has 1 saturated heterocycles. The van der Waals surface area contributed by atoms with Crippen molar-refractivity contribution in [3.8, 4) is 0 Å². The molecule has 1 atom stereocenters. The van der Waals surface area contributed by atoms with E-state index >= 15 is 0 Å². The molecule has 1 aliphatic rings. The summed E-state index contributed by atoms with van der Waals surface area (Å²) in [5, 5.41) is 13.8.